The number of aromatic nitrogens is 4. The second-order valence-electron chi connectivity index (χ2n) is 9.91. The highest BCUT2D eigenvalue weighted by atomic mass is 16.7. The van der Waals surface area contributed by atoms with Gasteiger partial charge in [0, 0.05) is 23.9 Å². The molecule has 208 valence electrons. The maximum absolute atomic E-state index is 12.9. The topological polar surface area (TPSA) is 152 Å². The van der Waals surface area contributed by atoms with Gasteiger partial charge < -0.3 is 34.5 Å². The van der Waals surface area contributed by atoms with Crippen LogP contribution in [0.1, 0.15) is 31.4 Å². The molecule has 4 aromatic rings. The lowest BCUT2D eigenvalue weighted by Gasteiger charge is -2.39. The standard InChI is InChI=1S/C28H34N4O7/c33-16-23-25(35)26(36)27(37)28(39-23)38-17-18-15-31(30-29-18)13-7-1-2-8-14-32-21-11-5-3-9-19(21)24(34)20-10-4-6-12-22(20)32/h3-6,9-12,15,23,25-28,33,35-37H,1-2,7-8,13-14,16-17H2/t23-,25-,26+,27-,28-/m1/s1. The van der Waals surface area contributed by atoms with Crippen molar-refractivity contribution in [3.05, 3.63) is 70.6 Å². The van der Waals surface area contributed by atoms with Crippen molar-refractivity contribution in [2.45, 2.75) is 76.1 Å². The van der Waals surface area contributed by atoms with E-state index >= 15 is 0 Å². The summed E-state index contributed by atoms with van der Waals surface area (Å²) in [4.78, 5) is 12.9. The van der Waals surface area contributed by atoms with Gasteiger partial charge in [-0.3, -0.25) is 9.48 Å². The molecule has 0 bridgehead atoms. The fourth-order valence-corrected chi connectivity index (χ4v) is 5.10. The molecule has 1 saturated heterocycles. The van der Waals surface area contributed by atoms with Gasteiger partial charge in [0.1, 0.15) is 30.1 Å². The molecule has 1 aliphatic heterocycles. The minimum absolute atomic E-state index is 0.00994. The molecule has 1 fully saturated rings. The largest absolute Gasteiger partial charge is 0.394 e. The molecule has 5 atom stereocenters. The van der Waals surface area contributed by atoms with Gasteiger partial charge in [0.2, 0.25) is 0 Å². The number of aliphatic hydroxyl groups is 4. The molecule has 11 nitrogen and oxygen atoms in total. The lowest BCUT2D eigenvalue weighted by Crippen LogP contribution is -2.59. The van der Waals surface area contributed by atoms with Gasteiger partial charge in [-0.15, -0.1) is 5.10 Å². The van der Waals surface area contributed by atoms with Gasteiger partial charge in [0.05, 0.1) is 30.4 Å². The van der Waals surface area contributed by atoms with Crippen LogP contribution in [0.3, 0.4) is 0 Å². The molecule has 2 aromatic heterocycles. The Hall–Kier alpha value is -3.19. The number of pyridine rings is 1. The Morgan fingerprint density at radius 3 is 2.15 bits per heavy atom. The maximum atomic E-state index is 12.9. The number of ether oxygens (including phenoxy) is 2. The Morgan fingerprint density at radius 2 is 1.49 bits per heavy atom. The molecule has 39 heavy (non-hydrogen) atoms. The Kier molecular flexibility index (Phi) is 8.66. The van der Waals surface area contributed by atoms with Crippen molar-refractivity contribution in [2.24, 2.45) is 0 Å². The summed E-state index contributed by atoms with van der Waals surface area (Å²) in [7, 11) is 0. The Labute approximate surface area is 224 Å². The number of fused-ring (bicyclic) bond motifs is 2. The van der Waals surface area contributed by atoms with E-state index in [1.54, 1.807) is 10.9 Å². The summed E-state index contributed by atoms with van der Waals surface area (Å²) in [6.07, 6.45) is -0.918. The average Bonchev–Trinajstić information content (AvgIpc) is 3.42. The summed E-state index contributed by atoms with van der Waals surface area (Å²) in [5.74, 6) is 0. The van der Waals surface area contributed by atoms with Crippen LogP contribution in [0.15, 0.2) is 59.5 Å². The second-order valence-corrected chi connectivity index (χ2v) is 9.91. The van der Waals surface area contributed by atoms with Crippen LogP contribution in [0.2, 0.25) is 0 Å². The zero-order chi connectivity index (χ0) is 27.4. The fourth-order valence-electron chi connectivity index (χ4n) is 5.10. The highest BCUT2D eigenvalue weighted by Crippen LogP contribution is 2.23. The van der Waals surface area contributed by atoms with Crippen molar-refractivity contribution in [1.29, 1.82) is 0 Å². The van der Waals surface area contributed by atoms with Crippen LogP contribution in [0.4, 0.5) is 0 Å². The van der Waals surface area contributed by atoms with Crippen LogP contribution >= 0.6 is 0 Å². The van der Waals surface area contributed by atoms with Crippen LogP contribution in [0.5, 0.6) is 0 Å². The molecule has 0 radical (unpaired) electrons. The molecular formula is C28H34N4O7. The minimum atomic E-state index is -1.49. The summed E-state index contributed by atoms with van der Waals surface area (Å²) >= 11 is 0. The summed E-state index contributed by atoms with van der Waals surface area (Å²) < 4.78 is 14.8. The quantitative estimate of drug-likeness (QED) is 0.164. The second kappa shape index (κ2) is 12.3. The maximum Gasteiger partial charge on any atom is 0.197 e. The monoisotopic (exact) mass is 538 g/mol. The van der Waals surface area contributed by atoms with E-state index in [1.807, 2.05) is 48.5 Å². The van der Waals surface area contributed by atoms with E-state index < -0.39 is 37.3 Å². The highest BCUT2D eigenvalue weighted by molar-refractivity contribution is 5.93. The summed E-state index contributed by atoms with van der Waals surface area (Å²) in [5, 5.41) is 48.8. The third-order valence-electron chi connectivity index (χ3n) is 7.23. The van der Waals surface area contributed by atoms with Crippen molar-refractivity contribution in [1.82, 2.24) is 19.6 Å². The number of aryl methyl sites for hydroxylation is 2. The Bertz CT molecular complexity index is 1390. The smallest absolute Gasteiger partial charge is 0.197 e. The zero-order valence-corrected chi connectivity index (χ0v) is 21.5. The number of rotatable bonds is 11. The molecule has 0 spiro atoms. The van der Waals surface area contributed by atoms with Crippen molar-refractivity contribution >= 4 is 21.8 Å². The van der Waals surface area contributed by atoms with E-state index in [2.05, 4.69) is 14.9 Å². The van der Waals surface area contributed by atoms with Gasteiger partial charge in [-0.05, 0) is 37.1 Å². The van der Waals surface area contributed by atoms with Crippen LogP contribution in [-0.2, 0) is 29.2 Å². The van der Waals surface area contributed by atoms with Crippen LogP contribution < -0.4 is 5.43 Å². The molecule has 0 aliphatic carbocycles. The number of unbranched alkanes of at least 4 members (excludes halogenated alkanes) is 3. The molecule has 2 aromatic carbocycles. The predicted octanol–water partition coefficient (Wildman–Crippen LogP) is 1.32. The summed E-state index contributed by atoms with van der Waals surface area (Å²) in [6.45, 7) is 0.990. The van der Waals surface area contributed by atoms with E-state index in [0.29, 0.717) is 12.2 Å². The average molecular weight is 539 g/mol. The first-order chi connectivity index (χ1) is 19.0. The van der Waals surface area contributed by atoms with Gasteiger partial charge in [0.25, 0.3) is 0 Å². The third-order valence-corrected chi connectivity index (χ3v) is 7.23. The third kappa shape index (κ3) is 5.88. The van der Waals surface area contributed by atoms with Crippen molar-refractivity contribution in [3.8, 4) is 0 Å². The molecule has 5 rings (SSSR count). The van der Waals surface area contributed by atoms with Gasteiger partial charge >= 0.3 is 0 Å². The van der Waals surface area contributed by atoms with Gasteiger partial charge in [0.15, 0.2) is 11.7 Å². The van der Waals surface area contributed by atoms with E-state index in [0.717, 1.165) is 54.0 Å². The fraction of sp³-hybridized carbons (Fsp3) is 0.464. The minimum Gasteiger partial charge on any atom is -0.394 e. The molecule has 4 N–H and O–H groups in total. The summed E-state index contributed by atoms with van der Waals surface area (Å²) in [6, 6.07) is 15.5. The van der Waals surface area contributed by atoms with Gasteiger partial charge in [-0.1, -0.05) is 42.3 Å². The lowest BCUT2D eigenvalue weighted by molar-refractivity contribution is -0.304. The predicted molar refractivity (Wildman–Crippen MR) is 143 cm³/mol. The summed E-state index contributed by atoms with van der Waals surface area (Å²) in [5.41, 5.74) is 2.52. The molecular weight excluding hydrogens is 504 g/mol. The number of nitrogens with zero attached hydrogens (tertiary/aromatic N) is 4. The molecule has 1 aliphatic rings. The molecule has 11 heteroatoms. The molecule has 0 saturated carbocycles. The zero-order valence-electron chi connectivity index (χ0n) is 21.5. The van der Waals surface area contributed by atoms with Gasteiger partial charge in [-0.2, -0.15) is 0 Å². The van der Waals surface area contributed by atoms with Crippen LogP contribution in [0, 0.1) is 0 Å². The normalized spacial score (nSPS) is 23.5. The van der Waals surface area contributed by atoms with Crippen LogP contribution in [0.25, 0.3) is 21.8 Å². The van der Waals surface area contributed by atoms with E-state index in [4.69, 9.17) is 9.47 Å². The highest BCUT2D eigenvalue weighted by Gasteiger charge is 2.44. The van der Waals surface area contributed by atoms with E-state index in [-0.39, 0.29) is 12.0 Å². The number of benzene rings is 2. The SMILES string of the molecule is O=c1c2ccccc2n(CCCCCCn2cc(CO[C@@H]3O[C@H](CO)[C@@H](O)[C@H](O)[C@H]3O)nn2)c2ccccc12. The molecule has 0 amide bonds. The first kappa shape index (κ1) is 27.4. The van der Waals surface area contributed by atoms with E-state index in [1.165, 1.54) is 0 Å². The Balaban J connectivity index is 1.09. The number of aliphatic hydroxyl groups excluding tert-OH is 4. The van der Waals surface area contributed by atoms with Crippen molar-refractivity contribution < 1.29 is 29.9 Å². The molecule has 0 unspecified atom stereocenters. The van der Waals surface area contributed by atoms with Crippen LogP contribution in [-0.4, -0.2) is 77.3 Å². The van der Waals surface area contributed by atoms with E-state index in [9.17, 15) is 25.2 Å². The number of hydrogen-bond acceptors (Lipinski definition) is 9. The lowest BCUT2D eigenvalue weighted by atomic mass is 9.99. The molecule has 3 heterocycles. The first-order valence-electron chi connectivity index (χ1n) is 13.3. The van der Waals surface area contributed by atoms with Gasteiger partial charge in [-0.25, -0.2) is 0 Å². The van der Waals surface area contributed by atoms with Crippen molar-refractivity contribution in [2.75, 3.05) is 6.61 Å². The van der Waals surface area contributed by atoms with Crippen molar-refractivity contribution in [3.63, 3.8) is 0 Å². The first-order valence-corrected chi connectivity index (χ1v) is 13.3. The Morgan fingerprint density at radius 1 is 0.846 bits per heavy atom. The number of hydrogen-bond donors (Lipinski definition) is 4. The number of para-hydroxylation sites is 2.